The van der Waals surface area contributed by atoms with Crippen LogP contribution < -0.4 is 10.6 Å². The lowest BCUT2D eigenvalue weighted by Crippen LogP contribution is -2.39. The second-order valence-corrected chi connectivity index (χ2v) is 4.21. The van der Waals surface area contributed by atoms with E-state index in [4.69, 9.17) is 0 Å². The first kappa shape index (κ1) is 12.2. The third-order valence-corrected chi connectivity index (χ3v) is 2.68. The Morgan fingerprint density at radius 1 is 1.53 bits per heavy atom. The Morgan fingerprint density at radius 3 is 2.93 bits per heavy atom. The Balaban J connectivity index is 2.20. The molecule has 0 aromatic rings. The van der Waals surface area contributed by atoms with Crippen LogP contribution in [0.25, 0.3) is 0 Å². The molecular formula is C12H22N2O. The lowest BCUT2D eigenvalue weighted by Gasteiger charge is -2.20. The van der Waals surface area contributed by atoms with Crippen molar-refractivity contribution in [3.63, 3.8) is 0 Å². The zero-order valence-electron chi connectivity index (χ0n) is 9.75. The Kier molecular flexibility index (Phi) is 5.40. The van der Waals surface area contributed by atoms with Crippen molar-refractivity contribution in [2.24, 2.45) is 0 Å². The first-order valence-corrected chi connectivity index (χ1v) is 5.90. The third-order valence-electron chi connectivity index (χ3n) is 2.68. The fourth-order valence-corrected chi connectivity index (χ4v) is 1.91. The summed E-state index contributed by atoms with van der Waals surface area (Å²) in [4.78, 5) is 11.6. The van der Waals surface area contributed by atoms with Crippen LogP contribution >= 0.6 is 0 Å². The first-order chi connectivity index (χ1) is 7.22. The van der Waals surface area contributed by atoms with Gasteiger partial charge in [0, 0.05) is 18.5 Å². The van der Waals surface area contributed by atoms with Gasteiger partial charge in [-0.05, 0) is 32.7 Å². The van der Waals surface area contributed by atoms with Crippen LogP contribution in [0.4, 0.5) is 0 Å². The van der Waals surface area contributed by atoms with Gasteiger partial charge in [-0.3, -0.25) is 4.79 Å². The minimum Gasteiger partial charge on any atom is -0.353 e. The molecule has 0 saturated heterocycles. The molecule has 2 atom stereocenters. The summed E-state index contributed by atoms with van der Waals surface area (Å²) in [6.07, 6.45) is 8.08. The summed E-state index contributed by atoms with van der Waals surface area (Å²) in [6, 6.07) is 0.630. The fourth-order valence-electron chi connectivity index (χ4n) is 1.91. The first-order valence-electron chi connectivity index (χ1n) is 5.90. The molecule has 0 heterocycles. The zero-order valence-corrected chi connectivity index (χ0v) is 9.75. The van der Waals surface area contributed by atoms with E-state index >= 15 is 0 Å². The zero-order chi connectivity index (χ0) is 11.1. The van der Waals surface area contributed by atoms with Crippen LogP contribution in [-0.4, -0.2) is 24.5 Å². The molecule has 0 aliphatic heterocycles. The highest BCUT2D eigenvalue weighted by Crippen LogP contribution is 2.10. The minimum atomic E-state index is 0.170. The molecule has 3 nitrogen and oxygen atoms in total. The van der Waals surface area contributed by atoms with Crippen LogP contribution in [0.15, 0.2) is 12.2 Å². The number of carbonyl (C=O) groups is 1. The average molecular weight is 210 g/mol. The van der Waals surface area contributed by atoms with E-state index in [1.165, 1.54) is 0 Å². The highest BCUT2D eigenvalue weighted by molar-refractivity contribution is 5.76. The van der Waals surface area contributed by atoms with Gasteiger partial charge in [0.2, 0.25) is 5.91 Å². The summed E-state index contributed by atoms with van der Waals surface area (Å²) in [5.41, 5.74) is 0. The normalized spacial score (nSPS) is 22.4. The second-order valence-electron chi connectivity index (χ2n) is 4.21. The Labute approximate surface area is 92.3 Å². The van der Waals surface area contributed by atoms with Crippen molar-refractivity contribution >= 4 is 5.91 Å². The molecule has 2 unspecified atom stereocenters. The largest absolute Gasteiger partial charge is 0.353 e. The predicted molar refractivity (Wildman–Crippen MR) is 62.7 cm³/mol. The van der Waals surface area contributed by atoms with Crippen molar-refractivity contribution in [1.29, 1.82) is 0 Å². The molecule has 1 aliphatic rings. The van der Waals surface area contributed by atoms with Crippen molar-refractivity contribution in [3.8, 4) is 0 Å². The van der Waals surface area contributed by atoms with Crippen LogP contribution in [0.3, 0.4) is 0 Å². The monoisotopic (exact) mass is 210 g/mol. The fraction of sp³-hybridized carbons (Fsp3) is 0.750. The second kappa shape index (κ2) is 6.62. The van der Waals surface area contributed by atoms with Gasteiger partial charge in [-0.1, -0.05) is 19.1 Å². The quantitative estimate of drug-likeness (QED) is 0.677. The maximum Gasteiger partial charge on any atom is 0.221 e. The van der Waals surface area contributed by atoms with Gasteiger partial charge in [-0.2, -0.15) is 0 Å². The van der Waals surface area contributed by atoms with Gasteiger partial charge in [0.1, 0.15) is 0 Å². The maximum atomic E-state index is 11.6. The van der Waals surface area contributed by atoms with Crippen molar-refractivity contribution in [3.05, 3.63) is 12.2 Å². The molecule has 2 N–H and O–H groups in total. The molecule has 86 valence electrons. The molecule has 15 heavy (non-hydrogen) atoms. The smallest absolute Gasteiger partial charge is 0.221 e. The van der Waals surface area contributed by atoms with Crippen LogP contribution in [0.2, 0.25) is 0 Å². The number of allylic oxidation sites excluding steroid dienone is 1. The van der Waals surface area contributed by atoms with Crippen molar-refractivity contribution in [2.45, 2.75) is 51.6 Å². The van der Waals surface area contributed by atoms with E-state index in [0.29, 0.717) is 12.5 Å². The van der Waals surface area contributed by atoms with Crippen molar-refractivity contribution in [2.75, 3.05) is 6.54 Å². The van der Waals surface area contributed by atoms with E-state index in [2.05, 4.69) is 29.7 Å². The molecule has 0 radical (unpaired) electrons. The predicted octanol–water partition coefficient (Wildman–Crippen LogP) is 1.60. The summed E-state index contributed by atoms with van der Waals surface area (Å²) in [5, 5.41) is 6.32. The number of nitrogens with one attached hydrogen (secondary N) is 2. The molecule has 1 rings (SSSR count). The lowest BCUT2D eigenvalue weighted by atomic mass is 10.0. The van der Waals surface area contributed by atoms with E-state index in [9.17, 15) is 4.79 Å². The van der Waals surface area contributed by atoms with Gasteiger partial charge in [0.25, 0.3) is 0 Å². The molecule has 0 saturated carbocycles. The number of hydrogen-bond acceptors (Lipinski definition) is 2. The van der Waals surface area contributed by atoms with Gasteiger partial charge in [0.15, 0.2) is 0 Å². The van der Waals surface area contributed by atoms with Gasteiger partial charge < -0.3 is 10.6 Å². The van der Waals surface area contributed by atoms with Gasteiger partial charge in [0.05, 0.1) is 0 Å². The van der Waals surface area contributed by atoms with Crippen LogP contribution in [-0.2, 0) is 4.79 Å². The summed E-state index contributed by atoms with van der Waals surface area (Å²) >= 11 is 0. The lowest BCUT2D eigenvalue weighted by molar-refractivity contribution is -0.122. The number of carbonyl (C=O) groups excluding carboxylic acids is 1. The van der Waals surface area contributed by atoms with Crippen molar-refractivity contribution in [1.82, 2.24) is 10.6 Å². The number of hydrogen-bond donors (Lipinski definition) is 2. The number of amides is 1. The summed E-state index contributed by atoms with van der Waals surface area (Å²) in [6.45, 7) is 5.02. The molecule has 0 aromatic heterocycles. The Bertz CT molecular complexity index is 226. The molecule has 0 aromatic carbocycles. The molecular weight excluding hydrogens is 188 g/mol. The minimum absolute atomic E-state index is 0.170. The van der Waals surface area contributed by atoms with Crippen LogP contribution in [0.5, 0.6) is 0 Å². The van der Waals surface area contributed by atoms with Crippen LogP contribution in [0.1, 0.15) is 39.5 Å². The average Bonchev–Trinajstić information content (AvgIpc) is 2.19. The highest BCUT2D eigenvalue weighted by Gasteiger charge is 2.14. The van der Waals surface area contributed by atoms with Crippen LogP contribution in [0, 0.1) is 0 Å². The molecule has 3 heteroatoms. The summed E-state index contributed by atoms with van der Waals surface area (Å²) < 4.78 is 0. The van der Waals surface area contributed by atoms with Gasteiger partial charge >= 0.3 is 0 Å². The van der Waals surface area contributed by atoms with E-state index in [0.717, 1.165) is 25.8 Å². The molecule has 0 spiro atoms. The van der Waals surface area contributed by atoms with Gasteiger partial charge in [-0.15, -0.1) is 0 Å². The molecule has 0 fully saturated rings. The van der Waals surface area contributed by atoms with E-state index in [-0.39, 0.29) is 11.9 Å². The number of rotatable bonds is 5. The van der Waals surface area contributed by atoms with E-state index < -0.39 is 0 Å². The standard InChI is InChI=1S/C12H22N2O/c1-3-13-10(2)9-12(15)14-11-7-5-4-6-8-11/h4-5,10-11,13H,3,6-9H2,1-2H3,(H,14,15). The van der Waals surface area contributed by atoms with E-state index in [1.54, 1.807) is 0 Å². The summed E-state index contributed by atoms with van der Waals surface area (Å²) in [5.74, 6) is 0.170. The Morgan fingerprint density at radius 2 is 2.33 bits per heavy atom. The topological polar surface area (TPSA) is 41.1 Å². The third kappa shape index (κ3) is 4.98. The SMILES string of the molecule is CCNC(C)CC(=O)NC1CC=CCC1. The highest BCUT2D eigenvalue weighted by atomic mass is 16.1. The van der Waals surface area contributed by atoms with Crippen molar-refractivity contribution < 1.29 is 4.79 Å². The molecule has 1 amide bonds. The van der Waals surface area contributed by atoms with E-state index in [1.807, 2.05) is 6.92 Å². The molecule has 1 aliphatic carbocycles. The maximum absolute atomic E-state index is 11.6. The Hall–Kier alpha value is -0.830. The summed E-state index contributed by atoms with van der Waals surface area (Å²) in [7, 11) is 0. The molecule has 0 bridgehead atoms. The van der Waals surface area contributed by atoms with Gasteiger partial charge in [-0.25, -0.2) is 0 Å².